The predicted octanol–water partition coefficient (Wildman–Crippen LogP) is 5.25. The normalized spacial score (nSPS) is 11.0. The van der Waals surface area contributed by atoms with Gasteiger partial charge in [-0.25, -0.2) is 0 Å². The van der Waals surface area contributed by atoms with Gasteiger partial charge in [-0.2, -0.15) is 0 Å². The highest BCUT2D eigenvalue weighted by Crippen LogP contribution is 2.32. The average Bonchev–Trinajstić information content (AvgIpc) is 2.54. The third kappa shape index (κ3) is 3.97. The van der Waals surface area contributed by atoms with E-state index in [-0.39, 0.29) is 5.91 Å². The molecule has 0 bridgehead atoms. The van der Waals surface area contributed by atoms with Crippen molar-refractivity contribution in [3.8, 4) is 0 Å². The first-order valence-corrected chi connectivity index (χ1v) is 8.52. The van der Waals surface area contributed by atoms with Gasteiger partial charge in [-0.3, -0.25) is 4.79 Å². The number of nitrogens with zero attached hydrogens (tertiary/aromatic N) is 1. The minimum absolute atomic E-state index is 0.0599. The summed E-state index contributed by atoms with van der Waals surface area (Å²) < 4.78 is 0. The molecule has 0 spiro atoms. The predicted molar refractivity (Wildman–Crippen MR) is 103 cm³/mol. The van der Waals surface area contributed by atoms with Crippen LogP contribution in [0.1, 0.15) is 61.0 Å². The maximum Gasteiger partial charge on any atom is 0.255 e. The standard InChI is InChI=1S/C21H28N2O/c1-14(2)18-8-7-9-19(15(3)4)20(18)22-21(24)16-10-12-17(13-11-16)23(5)6/h7-15H,1-6H3,(H,22,24). The molecule has 24 heavy (non-hydrogen) atoms. The molecule has 0 aliphatic rings. The minimum atomic E-state index is -0.0599. The minimum Gasteiger partial charge on any atom is -0.378 e. The quantitative estimate of drug-likeness (QED) is 0.814. The highest BCUT2D eigenvalue weighted by atomic mass is 16.1. The Morgan fingerprint density at radius 1 is 0.875 bits per heavy atom. The van der Waals surface area contributed by atoms with Crippen molar-refractivity contribution in [2.45, 2.75) is 39.5 Å². The van der Waals surface area contributed by atoms with Crippen molar-refractivity contribution in [1.82, 2.24) is 0 Å². The van der Waals surface area contributed by atoms with Crippen LogP contribution in [0.5, 0.6) is 0 Å². The summed E-state index contributed by atoms with van der Waals surface area (Å²) >= 11 is 0. The number of rotatable bonds is 5. The molecule has 0 aliphatic carbocycles. The molecule has 0 saturated heterocycles. The fraction of sp³-hybridized carbons (Fsp3) is 0.381. The van der Waals surface area contributed by atoms with Gasteiger partial charge in [-0.1, -0.05) is 45.9 Å². The molecule has 0 atom stereocenters. The summed E-state index contributed by atoms with van der Waals surface area (Å²) in [5.74, 6) is 0.653. The first kappa shape index (κ1) is 18.1. The van der Waals surface area contributed by atoms with Crippen molar-refractivity contribution < 1.29 is 4.79 Å². The Hall–Kier alpha value is -2.29. The number of amides is 1. The summed E-state index contributed by atoms with van der Waals surface area (Å²) in [6.07, 6.45) is 0. The first-order valence-electron chi connectivity index (χ1n) is 8.52. The van der Waals surface area contributed by atoms with Gasteiger partial charge in [0.1, 0.15) is 0 Å². The van der Waals surface area contributed by atoms with Crippen LogP contribution >= 0.6 is 0 Å². The van der Waals surface area contributed by atoms with Crippen LogP contribution in [-0.4, -0.2) is 20.0 Å². The molecule has 0 unspecified atom stereocenters. The van der Waals surface area contributed by atoms with Crippen LogP contribution in [0, 0.1) is 0 Å². The second-order valence-electron chi connectivity index (χ2n) is 7.02. The average molecular weight is 324 g/mol. The molecule has 0 radical (unpaired) electrons. The van der Waals surface area contributed by atoms with E-state index in [0.717, 1.165) is 11.4 Å². The fourth-order valence-electron chi connectivity index (χ4n) is 2.79. The van der Waals surface area contributed by atoms with E-state index < -0.39 is 0 Å². The summed E-state index contributed by atoms with van der Waals surface area (Å²) in [7, 11) is 3.98. The number of nitrogens with one attached hydrogen (secondary N) is 1. The highest BCUT2D eigenvalue weighted by molar-refractivity contribution is 6.05. The van der Waals surface area contributed by atoms with Gasteiger partial charge in [0.25, 0.3) is 5.91 Å². The maximum absolute atomic E-state index is 12.7. The largest absolute Gasteiger partial charge is 0.378 e. The Morgan fingerprint density at radius 3 is 1.79 bits per heavy atom. The molecule has 0 heterocycles. The van der Waals surface area contributed by atoms with Crippen molar-refractivity contribution in [3.63, 3.8) is 0 Å². The lowest BCUT2D eigenvalue weighted by atomic mass is 9.92. The van der Waals surface area contributed by atoms with Gasteiger partial charge in [-0.05, 0) is 47.2 Å². The molecule has 2 aromatic rings. The molecule has 0 saturated carbocycles. The molecular formula is C21H28N2O. The van der Waals surface area contributed by atoms with Gasteiger partial charge in [-0.15, -0.1) is 0 Å². The Kier molecular flexibility index (Phi) is 5.66. The molecule has 2 rings (SSSR count). The zero-order chi connectivity index (χ0) is 17.9. The lowest BCUT2D eigenvalue weighted by molar-refractivity contribution is 0.102. The van der Waals surface area contributed by atoms with Crippen molar-refractivity contribution in [3.05, 3.63) is 59.2 Å². The molecule has 2 aromatic carbocycles. The second-order valence-corrected chi connectivity index (χ2v) is 7.02. The van der Waals surface area contributed by atoms with Gasteiger partial charge < -0.3 is 10.2 Å². The third-order valence-electron chi connectivity index (χ3n) is 4.26. The van der Waals surface area contributed by atoms with E-state index in [2.05, 4.69) is 51.2 Å². The summed E-state index contributed by atoms with van der Waals surface area (Å²) in [5.41, 5.74) is 5.08. The highest BCUT2D eigenvalue weighted by Gasteiger charge is 2.16. The lowest BCUT2D eigenvalue weighted by Gasteiger charge is -2.20. The van der Waals surface area contributed by atoms with Crippen LogP contribution in [0.15, 0.2) is 42.5 Å². The summed E-state index contributed by atoms with van der Waals surface area (Å²) in [4.78, 5) is 14.7. The topological polar surface area (TPSA) is 32.3 Å². The smallest absolute Gasteiger partial charge is 0.255 e. The third-order valence-corrected chi connectivity index (χ3v) is 4.26. The van der Waals surface area contributed by atoms with Crippen molar-refractivity contribution in [2.24, 2.45) is 0 Å². The molecular weight excluding hydrogens is 296 g/mol. The number of hydrogen-bond acceptors (Lipinski definition) is 2. The van der Waals surface area contributed by atoms with Crippen molar-refractivity contribution in [2.75, 3.05) is 24.3 Å². The Labute approximate surface area is 145 Å². The van der Waals surface area contributed by atoms with E-state index >= 15 is 0 Å². The van der Waals surface area contributed by atoms with Crippen LogP contribution in [0.25, 0.3) is 0 Å². The summed E-state index contributed by atoms with van der Waals surface area (Å²) in [6, 6.07) is 13.9. The van der Waals surface area contributed by atoms with Crippen molar-refractivity contribution in [1.29, 1.82) is 0 Å². The van der Waals surface area contributed by atoms with E-state index in [0.29, 0.717) is 17.4 Å². The number of para-hydroxylation sites is 1. The van der Waals surface area contributed by atoms with Crippen LogP contribution in [-0.2, 0) is 0 Å². The maximum atomic E-state index is 12.7. The van der Waals surface area contributed by atoms with E-state index in [9.17, 15) is 4.79 Å². The lowest BCUT2D eigenvalue weighted by Crippen LogP contribution is -2.16. The Morgan fingerprint density at radius 2 is 1.38 bits per heavy atom. The second kappa shape index (κ2) is 7.52. The zero-order valence-corrected chi connectivity index (χ0v) is 15.6. The van der Waals surface area contributed by atoms with Gasteiger partial charge in [0, 0.05) is 31.0 Å². The van der Waals surface area contributed by atoms with E-state index in [1.54, 1.807) is 0 Å². The van der Waals surface area contributed by atoms with E-state index in [1.165, 1.54) is 11.1 Å². The monoisotopic (exact) mass is 324 g/mol. The van der Waals surface area contributed by atoms with Gasteiger partial charge >= 0.3 is 0 Å². The molecule has 1 N–H and O–H groups in total. The summed E-state index contributed by atoms with van der Waals surface area (Å²) in [6.45, 7) is 8.61. The Bertz CT molecular complexity index is 674. The summed E-state index contributed by atoms with van der Waals surface area (Å²) in [5, 5.41) is 3.15. The van der Waals surface area contributed by atoms with Gasteiger partial charge in [0.15, 0.2) is 0 Å². The van der Waals surface area contributed by atoms with Crippen LogP contribution in [0.3, 0.4) is 0 Å². The molecule has 128 valence electrons. The molecule has 0 aliphatic heterocycles. The number of benzene rings is 2. The molecule has 3 heteroatoms. The number of carbonyl (C=O) groups excluding carboxylic acids is 1. The van der Waals surface area contributed by atoms with E-state index in [1.807, 2.05) is 43.3 Å². The first-order chi connectivity index (χ1) is 11.3. The number of carbonyl (C=O) groups is 1. The van der Waals surface area contributed by atoms with E-state index in [4.69, 9.17) is 0 Å². The fourth-order valence-corrected chi connectivity index (χ4v) is 2.79. The number of hydrogen-bond donors (Lipinski definition) is 1. The SMILES string of the molecule is CC(C)c1cccc(C(C)C)c1NC(=O)c1ccc(N(C)C)cc1. The molecule has 3 nitrogen and oxygen atoms in total. The van der Waals surface area contributed by atoms with Gasteiger partial charge in [0.05, 0.1) is 0 Å². The number of anilines is 2. The zero-order valence-electron chi connectivity index (χ0n) is 15.6. The molecule has 0 fully saturated rings. The Balaban J connectivity index is 2.34. The van der Waals surface area contributed by atoms with Crippen molar-refractivity contribution >= 4 is 17.3 Å². The molecule has 0 aromatic heterocycles. The van der Waals surface area contributed by atoms with Gasteiger partial charge in [0.2, 0.25) is 0 Å². The van der Waals surface area contributed by atoms with Crippen LogP contribution in [0.4, 0.5) is 11.4 Å². The van der Waals surface area contributed by atoms with Crippen LogP contribution in [0.2, 0.25) is 0 Å². The van der Waals surface area contributed by atoms with Crippen LogP contribution < -0.4 is 10.2 Å². The molecule has 1 amide bonds.